The molecule has 0 aliphatic carbocycles. The molecule has 1 amide bonds. The van der Waals surface area contributed by atoms with Crippen LogP contribution in [0.15, 0.2) is 24.3 Å². The quantitative estimate of drug-likeness (QED) is 0.608. The minimum atomic E-state index is -4.59. The Morgan fingerprint density at radius 3 is 2.55 bits per heavy atom. The van der Waals surface area contributed by atoms with Crippen molar-refractivity contribution < 1.29 is 18.0 Å². The van der Waals surface area contributed by atoms with E-state index in [4.69, 9.17) is 5.73 Å². The molecule has 7 nitrogen and oxygen atoms in total. The van der Waals surface area contributed by atoms with Gasteiger partial charge in [-0.2, -0.15) is 13.2 Å². The summed E-state index contributed by atoms with van der Waals surface area (Å²) in [6, 6.07) is 6.39. The number of para-hydroxylation sites is 1. The zero-order valence-electron chi connectivity index (χ0n) is 18.4. The van der Waals surface area contributed by atoms with Crippen LogP contribution >= 0.6 is 11.8 Å². The molecule has 2 aliphatic heterocycles. The molecule has 11 heteroatoms. The molecule has 1 aromatic heterocycles. The maximum absolute atomic E-state index is 13.3. The van der Waals surface area contributed by atoms with Gasteiger partial charge in [-0.15, -0.1) is 11.8 Å². The first-order valence-electron chi connectivity index (χ1n) is 11.3. The molecule has 4 rings (SSSR count). The fraction of sp³-hybridized carbons (Fsp3) is 0.591. The summed E-state index contributed by atoms with van der Waals surface area (Å²) in [6.07, 6.45) is -2.10. The van der Waals surface area contributed by atoms with Gasteiger partial charge in [0.05, 0.1) is 17.4 Å². The minimum Gasteiger partial charge on any atom is -0.353 e. The summed E-state index contributed by atoms with van der Waals surface area (Å²) in [5, 5.41) is 0.633. The molecule has 0 unspecified atom stereocenters. The fourth-order valence-corrected chi connectivity index (χ4v) is 5.21. The number of fused-ring (bicyclic) bond motifs is 1. The second kappa shape index (κ2) is 10.4. The van der Waals surface area contributed by atoms with Crippen LogP contribution in [0, 0.1) is 0 Å². The van der Waals surface area contributed by atoms with Gasteiger partial charge in [0.15, 0.2) is 0 Å². The van der Waals surface area contributed by atoms with Crippen molar-refractivity contribution in [2.45, 2.75) is 31.5 Å². The molecule has 0 radical (unpaired) electrons. The number of nitrogens with two attached hydrogens (primary N) is 1. The monoisotopic (exact) mass is 482 g/mol. The number of amides is 1. The molecular formula is C22H29F3N6OS. The van der Waals surface area contributed by atoms with Crippen LogP contribution in [0.25, 0.3) is 10.9 Å². The number of thioether (sulfide) groups is 1. The smallest absolute Gasteiger partial charge is 0.353 e. The third-order valence-electron chi connectivity index (χ3n) is 6.13. The molecule has 2 N–H and O–H groups in total. The standard InChI is InChI=1S/C22H29F3N6OS/c23-22(24,25)21-27-18-7-2-1-5-16(18)19(28-21)30-11-9-29(10-12-30)8-4-3-6-17(26)20(32)31-13-14-33-15-31/h1-2,5,7,17H,3-4,6,8-15,26H2/t17-/m0/s1. The average Bonchev–Trinajstić information content (AvgIpc) is 3.35. The lowest BCUT2D eigenvalue weighted by Gasteiger charge is -2.36. The van der Waals surface area contributed by atoms with Crippen LogP contribution in [0.3, 0.4) is 0 Å². The van der Waals surface area contributed by atoms with Gasteiger partial charge in [0, 0.05) is 43.9 Å². The molecule has 0 spiro atoms. The summed E-state index contributed by atoms with van der Waals surface area (Å²) >= 11 is 1.75. The lowest BCUT2D eigenvalue weighted by Crippen LogP contribution is -2.47. The molecule has 33 heavy (non-hydrogen) atoms. The summed E-state index contributed by atoms with van der Waals surface area (Å²) < 4.78 is 39.9. The van der Waals surface area contributed by atoms with Crippen molar-refractivity contribution in [2.24, 2.45) is 5.73 Å². The van der Waals surface area contributed by atoms with Crippen molar-refractivity contribution in [2.75, 3.05) is 55.8 Å². The van der Waals surface area contributed by atoms with Crippen molar-refractivity contribution >= 4 is 34.4 Å². The Bertz CT molecular complexity index is 961. The van der Waals surface area contributed by atoms with Crippen LogP contribution in [-0.2, 0) is 11.0 Å². The predicted molar refractivity (Wildman–Crippen MR) is 124 cm³/mol. The third kappa shape index (κ3) is 5.88. The molecule has 2 aromatic rings. The van der Waals surface area contributed by atoms with E-state index in [1.807, 2.05) is 9.80 Å². The summed E-state index contributed by atoms with van der Waals surface area (Å²) in [5.41, 5.74) is 6.38. The average molecular weight is 483 g/mol. The van der Waals surface area contributed by atoms with E-state index in [1.165, 1.54) is 0 Å². The van der Waals surface area contributed by atoms with Gasteiger partial charge in [-0.3, -0.25) is 9.69 Å². The maximum Gasteiger partial charge on any atom is 0.451 e. The number of piperazine rings is 1. The number of nitrogens with zero attached hydrogens (tertiary/aromatic N) is 5. The molecule has 2 fully saturated rings. The number of hydrogen-bond donors (Lipinski definition) is 1. The number of unbranched alkanes of at least 4 members (excludes halogenated alkanes) is 1. The van der Waals surface area contributed by atoms with Crippen molar-refractivity contribution in [1.29, 1.82) is 0 Å². The highest BCUT2D eigenvalue weighted by Crippen LogP contribution is 2.32. The number of hydrogen-bond acceptors (Lipinski definition) is 7. The topological polar surface area (TPSA) is 78.6 Å². The second-order valence-corrected chi connectivity index (χ2v) is 9.53. The number of aromatic nitrogens is 2. The number of anilines is 1. The first-order valence-corrected chi connectivity index (χ1v) is 12.4. The summed E-state index contributed by atoms with van der Waals surface area (Å²) in [5.74, 6) is 1.01. The van der Waals surface area contributed by atoms with Gasteiger partial charge in [0.25, 0.3) is 0 Å². The lowest BCUT2D eigenvalue weighted by molar-refractivity contribution is -0.144. The highest BCUT2D eigenvalue weighted by atomic mass is 32.2. The molecule has 180 valence electrons. The summed E-state index contributed by atoms with van der Waals surface area (Å²) in [4.78, 5) is 25.9. The lowest BCUT2D eigenvalue weighted by atomic mass is 10.1. The Kier molecular flexibility index (Phi) is 7.60. The van der Waals surface area contributed by atoms with E-state index in [0.29, 0.717) is 36.2 Å². The van der Waals surface area contributed by atoms with E-state index >= 15 is 0 Å². The number of carbonyl (C=O) groups is 1. The third-order valence-corrected chi connectivity index (χ3v) is 7.09. The minimum absolute atomic E-state index is 0.0453. The van der Waals surface area contributed by atoms with Crippen molar-refractivity contribution in [1.82, 2.24) is 19.8 Å². The SMILES string of the molecule is N[C@@H](CCCCN1CCN(c2nc(C(F)(F)F)nc3ccccc23)CC1)C(=O)N1CCSC1. The van der Waals surface area contributed by atoms with Gasteiger partial charge in [0.1, 0.15) is 5.82 Å². The first kappa shape index (κ1) is 24.0. The second-order valence-electron chi connectivity index (χ2n) is 8.46. The van der Waals surface area contributed by atoms with E-state index in [-0.39, 0.29) is 5.91 Å². The van der Waals surface area contributed by atoms with Crippen molar-refractivity contribution in [3.05, 3.63) is 30.1 Å². The van der Waals surface area contributed by atoms with Gasteiger partial charge in [-0.05, 0) is 31.5 Å². The zero-order valence-corrected chi connectivity index (χ0v) is 19.2. The molecule has 1 atom stereocenters. The Labute approximate surface area is 195 Å². The molecule has 2 aliphatic rings. The van der Waals surface area contributed by atoms with Crippen LogP contribution in [0.2, 0.25) is 0 Å². The molecule has 3 heterocycles. The van der Waals surface area contributed by atoms with Crippen molar-refractivity contribution in [3.63, 3.8) is 0 Å². The fourth-order valence-electron chi connectivity index (χ4n) is 4.26. The van der Waals surface area contributed by atoms with E-state index in [9.17, 15) is 18.0 Å². The molecule has 0 bridgehead atoms. The summed E-state index contributed by atoms with van der Waals surface area (Å²) in [7, 11) is 0. The van der Waals surface area contributed by atoms with Crippen LogP contribution in [0.4, 0.5) is 19.0 Å². The van der Waals surface area contributed by atoms with Gasteiger partial charge in [-0.1, -0.05) is 18.6 Å². The summed E-state index contributed by atoms with van der Waals surface area (Å²) in [6.45, 7) is 4.36. The Morgan fingerprint density at radius 2 is 1.85 bits per heavy atom. The van der Waals surface area contributed by atoms with E-state index in [2.05, 4.69) is 14.9 Å². The highest BCUT2D eigenvalue weighted by molar-refractivity contribution is 7.99. The zero-order chi connectivity index (χ0) is 23.4. The first-order chi connectivity index (χ1) is 15.8. The molecular weight excluding hydrogens is 453 g/mol. The van der Waals surface area contributed by atoms with E-state index < -0.39 is 18.0 Å². The van der Waals surface area contributed by atoms with Gasteiger partial charge in [-0.25, -0.2) is 9.97 Å². The number of benzene rings is 1. The Balaban J connectivity index is 1.28. The number of halogens is 3. The largest absolute Gasteiger partial charge is 0.451 e. The van der Waals surface area contributed by atoms with Crippen LogP contribution in [0.5, 0.6) is 0 Å². The van der Waals surface area contributed by atoms with E-state index in [0.717, 1.165) is 50.7 Å². The molecule has 1 aromatic carbocycles. The number of rotatable bonds is 7. The maximum atomic E-state index is 13.3. The van der Waals surface area contributed by atoms with Crippen LogP contribution < -0.4 is 10.6 Å². The Morgan fingerprint density at radius 1 is 1.09 bits per heavy atom. The number of carbonyl (C=O) groups excluding carboxylic acids is 1. The normalized spacial score (nSPS) is 18.8. The Hall–Kier alpha value is -2.11. The molecule has 2 saturated heterocycles. The van der Waals surface area contributed by atoms with Gasteiger partial charge < -0.3 is 15.5 Å². The number of alkyl halides is 3. The van der Waals surface area contributed by atoms with Gasteiger partial charge in [0.2, 0.25) is 11.7 Å². The van der Waals surface area contributed by atoms with Crippen molar-refractivity contribution in [3.8, 4) is 0 Å². The van der Waals surface area contributed by atoms with Gasteiger partial charge >= 0.3 is 6.18 Å². The highest BCUT2D eigenvalue weighted by Gasteiger charge is 2.36. The predicted octanol–water partition coefficient (Wildman–Crippen LogP) is 2.80. The van der Waals surface area contributed by atoms with Crippen LogP contribution in [-0.4, -0.2) is 82.6 Å². The molecule has 0 saturated carbocycles. The van der Waals surface area contributed by atoms with Crippen LogP contribution in [0.1, 0.15) is 25.1 Å². The van der Waals surface area contributed by atoms with E-state index in [1.54, 1.807) is 36.0 Å².